The number of hydrogen-bond acceptors (Lipinski definition) is 1. The van der Waals surface area contributed by atoms with E-state index in [1.165, 1.54) is 0 Å². The molecule has 0 aliphatic carbocycles. The van der Waals surface area contributed by atoms with Gasteiger partial charge in [-0.25, -0.2) is 13.2 Å². The summed E-state index contributed by atoms with van der Waals surface area (Å²) >= 11 is 0. The van der Waals surface area contributed by atoms with Crippen molar-refractivity contribution in [2.45, 2.75) is 12.6 Å². The zero-order valence-electron chi connectivity index (χ0n) is 9.88. The predicted molar refractivity (Wildman–Crippen MR) is 60.7 cm³/mol. The molecule has 0 radical (unpaired) electrons. The van der Waals surface area contributed by atoms with Crippen molar-refractivity contribution in [1.29, 1.82) is 0 Å². The summed E-state index contributed by atoms with van der Waals surface area (Å²) in [5, 5.41) is 0. The Morgan fingerprint density at radius 3 is 2.33 bits per heavy atom. The van der Waals surface area contributed by atoms with E-state index in [-0.39, 0.29) is 18.2 Å². The first-order valence-corrected chi connectivity index (χ1v) is 5.98. The van der Waals surface area contributed by atoms with Crippen molar-refractivity contribution in [3.05, 3.63) is 35.4 Å². The van der Waals surface area contributed by atoms with Gasteiger partial charge in [0, 0.05) is 31.6 Å². The van der Waals surface area contributed by atoms with E-state index < -0.39 is 17.8 Å². The number of halogens is 4. The summed E-state index contributed by atoms with van der Waals surface area (Å²) in [5.74, 6) is -1.78. The third-order valence-electron chi connectivity index (χ3n) is 3.21. The molecule has 1 aromatic rings. The highest BCUT2D eigenvalue weighted by atomic mass is 19.1. The van der Waals surface area contributed by atoms with E-state index in [0.717, 1.165) is 18.2 Å². The Hall–Kier alpha value is -1.10. The minimum absolute atomic E-state index is 0.0441. The van der Waals surface area contributed by atoms with Gasteiger partial charge in [-0.3, -0.25) is 4.39 Å². The Balaban J connectivity index is 1.91. The van der Waals surface area contributed by atoms with Crippen LogP contribution in [0.1, 0.15) is 18.2 Å². The van der Waals surface area contributed by atoms with Crippen molar-refractivity contribution in [2.75, 3.05) is 26.3 Å². The number of hydrogen-bond donors (Lipinski definition) is 0. The number of nitrogens with zero attached hydrogens (tertiary/aromatic N) is 1. The van der Waals surface area contributed by atoms with Crippen molar-refractivity contribution in [3.63, 3.8) is 0 Å². The maximum atomic E-state index is 14.0. The Kier molecular flexibility index (Phi) is 4.22. The Morgan fingerprint density at radius 1 is 1.17 bits per heavy atom. The molecule has 5 heteroatoms. The maximum Gasteiger partial charge on any atom is 0.131 e. The normalized spacial score (nSPS) is 18.7. The average molecular weight is 261 g/mol. The van der Waals surface area contributed by atoms with Crippen LogP contribution in [0, 0.1) is 17.6 Å². The lowest BCUT2D eigenvalue weighted by molar-refractivity contribution is 0.0361. The smallest absolute Gasteiger partial charge is 0.131 e. The van der Waals surface area contributed by atoms with E-state index in [0.29, 0.717) is 26.1 Å². The van der Waals surface area contributed by atoms with Crippen LogP contribution in [0.2, 0.25) is 0 Å². The molecule has 0 aromatic heterocycles. The average Bonchev–Trinajstić information content (AvgIpc) is 2.25. The number of benzene rings is 1. The van der Waals surface area contributed by atoms with E-state index in [9.17, 15) is 17.6 Å². The van der Waals surface area contributed by atoms with E-state index in [4.69, 9.17) is 0 Å². The first kappa shape index (κ1) is 13.3. The highest BCUT2D eigenvalue weighted by Gasteiger charge is 2.34. The fraction of sp³-hybridized carbons (Fsp3) is 0.538. The van der Waals surface area contributed by atoms with Gasteiger partial charge >= 0.3 is 0 Å². The summed E-state index contributed by atoms with van der Waals surface area (Å²) in [4.78, 5) is 1.94. The van der Waals surface area contributed by atoms with Gasteiger partial charge in [0.2, 0.25) is 0 Å². The van der Waals surface area contributed by atoms with Crippen LogP contribution >= 0.6 is 0 Å². The van der Waals surface area contributed by atoms with Crippen LogP contribution in [-0.4, -0.2) is 31.2 Å². The SMILES string of the molecule is FCCCN1CC(C(F)c2cc(F)cc(F)c2)C1. The summed E-state index contributed by atoms with van der Waals surface area (Å²) in [5.41, 5.74) is 0.0441. The molecule has 100 valence electrons. The van der Waals surface area contributed by atoms with Gasteiger partial charge < -0.3 is 4.90 Å². The lowest BCUT2D eigenvalue weighted by atomic mass is 9.90. The highest BCUT2D eigenvalue weighted by Crippen LogP contribution is 2.33. The molecule has 1 aromatic carbocycles. The van der Waals surface area contributed by atoms with Crippen LogP contribution in [0.3, 0.4) is 0 Å². The molecular weight excluding hydrogens is 246 g/mol. The van der Waals surface area contributed by atoms with Crippen molar-refractivity contribution in [2.24, 2.45) is 5.92 Å². The molecule has 0 amide bonds. The summed E-state index contributed by atoms with van der Waals surface area (Å²) in [6.07, 6.45) is -0.921. The molecule has 1 unspecified atom stereocenters. The largest absolute Gasteiger partial charge is 0.302 e. The summed E-state index contributed by atoms with van der Waals surface area (Å²) < 4.78 is 51.9. The molecule has 0 N–H and O–H groups in total. The van der Waals surface area contributed by atoms with E-state index in [1.807, 2.05) is 4.90 Å². The molecule has 1 aliphatic heterocycles. The van der Waals surface area contributed by atoms with Crippen LogP contribution < -0.4 is 0 Å². The third kappa shape index (κ3) is 3.02. The van der Waals surface area contributed by atoms with Gasteiger partial charge in [0.1, 0.15) is 17.8 Å². The number of rotatable bonds is 5. The molecule has 1 saturated heterocycles. The van der Waals surface area contributed by atoms with Gasteiger partial charge in [-0.1, -0.05) is 0 Å². The molecule has 1 fully saturated rings. The molecule has 18 heavy (non-hydrogen) atoms. The summed E-state index contributed by atoms with van der Waals surface area (Å²) in [6, 6.07) is 2.78. The Labute approximate surface area is 103 Å². The zero-order chi connectivity index (χ0) is 13.1. The van der Waals surface area contributed by atoms with Crippen LogP contribution in [0.15, 0.2) is 18.2 Å². The van der Waals surface area contributed by atoms with Crippen molar-refractivity contribution >= 4 is 0 Å². The topological polar surface area (TPSA) is 3.24 Å². The molecule has 2 rings (SSSR count). The molecular formula is C13H15F4N. The molecule has 1 nitrogen and oxygen atoms in total. The first-order chi connectivity index (χ1) is 8.60. The van der Waals surface area contributed by atoms with Gasteiger partial charge in [-0.2, -0.15) is 0 Å². The maximum absolute atomic E-state index is 14.0. The molecule has 1 aliphatic rings. The minimum Gasteiger partial charge on any atom is -0.302 e. The fourth-order valence-electron chi connectivity index (χ4n) is 2.27. The van der Waals surface area contributed by atoms with E-state index in [1.54, 1.807) is 0 Å². The lowest BCUT2D eigenvalue weighted by Gasteiger charge is -2.40. The molecule has 1 atom stereocenters. The Morgan fingerprint density at radius 2 is 1.78 bits per heavy atom. The van der Waals surface area contributed by atoms with Crippen LogP contribution in [-0.2, 0) is 0 Å². The molecule has 0 spiro atoms. The van der Waals surface area contributed by atoms with Crippen molar-refractivity contribution in [3.8, 4) is 0 Å². The second-order valence-electron chi connectivity index (χ2n) is 4.67. The van der Waals surface area contributed by atoms with Crippen LogP contribution in [0.4, 0.5) is 17.6 Å². The number of likely N-dealkylation sites (tertiary alicyclic amines) is 1. The lowest BCUT2D eigenvalue weighted by Crippen LogP contribution is -2.48. The van der Waals surface area contributed by atoms with Crippen molar-refractivity contribution in [1.82, 2.24) is 4.90 Å². The molecule has 0 saturated carbocycles. The second-order valence-corrected chi connectivity index (χ2v) is 4.67. The van der Waals surface area contributed by atoms with Crippen LogP contribution in [0.25, 0.3) is 0 Å². The predicted octanol–water partition coefficient (Wildman–Crippen LogP) is 3.27. The quantitative estimate of drug-likeness (QED) is 0.735. The van der Waals surface area contributed by atoms with Gasteiger partial charge in [0.05, 0.1) is 6.67 Å². The minimum atomic E-state index is -1.36. The van der Waals surface area contributed by atoms with Crippen molar-refractivity contribution < 1.29 is 17.6 Å². The van der Waals surface area contributed by atoms with Crippen LogP contribution in [0.5, 0.6) is 0 Å². The first-order valence-electron chi connectivity index (χ1n) is 5.98. The zero-order valence-corrected chi connectivity index (χ0v) is 9.88. The standard InChI is InChI=1S/C13H15F4N/c14-2-1-3-18-7-10(8-18)13(17)9-4-11(15)6-12(16)5-9/h4-6,10,13H,1-3,7-8H2. The monoisotopic (exact) mass is 261 g/mol. The van der Waals surface area contributed by atoms with Gasteiger partial charge in [-0.15, -0.1) is 0 Å². The highest BCUT2D eigenvalue weighted by molar-refractivity contribution is 5.21. The Bertz CT molecular complexity index is 384. The van der Waals surface area contributed by atoms with E-state index >= 15 is 0 Å². The van der Waals surface area contributed by atoms with Gasteiger partial charge in [0.15, 0.2) is 0 Å². The van der Waals surface area contributed by atoms with Gasteiger partial charge in [0.25, 0.3) is 0 Å². The summed E-state index contributed by atoms with van der Waals surface area (Å²) in [7, 11) is 0. The summed E-state index contributed by atoms with van der Waals surface area (Å²) in [6.45, 7) is 1.26. The van der Waals surface area contributed by atoms with E-state index in [2.05, 4.69) is 0 Å². The second kappa shape index (κ2) is 5.69. The fourth-order valence-corrected chi connectivity index (χ4v) is 2.27. The molecule has 0 bridgehead atoms. The van der Waals surface area contributed by atoms with Gasteiger partial charge in [-0.05, 0) is 24.1 Å². The molecule has 1 heterocycles. The number of alkyl halides is 2. The third-order valence-corrected chi connectivity index (χ3v) is 3.21.